The summed E-state index contributed by atoms with van der Waals surface area (Å²) in [7, 11) is 0. The lowest BCUT2D eigenvalue weighted by Gasteiger charge is -2.23. The fourth-order valence-electron chi connectivity index (χ4n) is 3.35. The number of amides is 1. The largest absolute Gasteiger partial charge is 0.366 e. The van der Waals surface area contributed by atoms with E-state index in [0.717, 1.165) is 49.7 Å². The Morgan fingerprint density at radius 1 is 1.39 bits per heavy atom. The summed E-state index contributed by atoms with van der Waals surface area (Å²) in [5.74, 6) is 1.75. The van der Waals surface area contributed by atoms with E-state index >= 15 is 0 Å². The van der Waals surface area contributed by atoms with Gasteiger partial charge in [-0.25, -0.2) is 9.97 Å². The molecule has 0 radical (unpaired) electrons. The van der Waals surface area contributed by atoms with E-state index in [9.17, 15) is 4.79 Å². The van der Waals surface area contributed by atoms with Gasteiger partial charge in [0.15, 0.2) is 0 Å². The molecule has 1 aromatic rings. The Morgan fingerprint density at radius 3 is 2.96 bits per heavy atom. The van der Waals surface area contributed by atoms with E-state index in [1.807, 2.05) is 0 Å². The Kier molecular flexibility index (Phi) is 4.80. The summed E-state index contributed by atoms with van der Waals surface area (Å²) in [5, 5.41) is 6.48. The van der Waals surface area contributed by atoms with Crippen LogP contribution in [0.2, 0.25) is 0 Å². The van der Waals surface area contributed by atoms with E-state index in [1.165, 1.54) is 6.42 Å². The molecule has 1 unspecified atom stereocenters. The quantitative estimate of drug-likeness (QED) is 0.866. The number of rotatable bonds is 5. The summed E-state index contributed by atoms with van der Waals surface area (Å²) in [6, 6.07) is 0.408. The summed E-state index contributed by atoms with van der Waals surface area (Å²) < 4.78 is 0. The fourth-order valence-corrected chi connectivity index (χ4v) is 3.35. The van der Waals surface area contributed by atoms with Crippen LogP contribution in [0, 0.1) is 0 Å². The van der Waals surface area contributed by atoms with Crippen molar-refractivity contribution in [3.63, 3.8) is 0 Å². The van der Waals surface area contributed by atoms with Gasteiger partial charge >= 0.3 is 0 Å². The van der Waals surface area contributed by atoms with Crippen LogP contribution >= 0.6 is 0 Å². The van der Waals surface area contributed by atoms with Gasteiger partial charge in [-0.05, 0) is 25.8 Å². The first-order chi connectivity index (χ1) is 11.1. The van der Waals surface area contributed by atoms with Gasteiger partial charge in [-0.2, -0.15) is 0 Å². The van der Waals surface area contributed by atoms with E-state index in [2.05, 4.69) is 41.3 Å². The molecule has 23 heavy (non-hydrogen) atoms. The van der Waals surface area contributed by atoms with Crippen molar-refractivity contribution in [3.05, 3.63) is 17.1 Å². The van der Waals surface area contributed by atoms with Crippen LogP contribution in [0.4, 0.5) is 5.82 Å². The summed E-state index contributed by atoms with van der Waals surface area (Å²) in [4.78, 5) is 23.9. The summed E-state index contributed by atoms with van der Waals surface area (Å²) in [6.07, 6.45) is 3.11. The van der Waals surface area contributed by atoms with Crippen LogP contribution in [0.5, 0.6) is 0 Å². The first-order valence-electron chi connectivity index (χ1n) is 8.76. The molecule has 0 bridgehead atoms. The van der Waals surface area contributed by atoms with Crippen LogP contribution in [0.15, 0.2) is 0 Å². The first kappa shape index (κ1) is 16.2. The van der Waals surface area contributed by atoms with Crippen LogP contribution in [0.3, 0.4) is 0 Å². The second-order valence-corrected chi connectivity index (χ2v) is 6.85. The maximum Gasteiger partial charge on any atom is 0.270 e. The standard InChI is InChI=1S/C17H27N5O/c1-4-8-22-9-6-12(10-22)19-16-13-5-7-18-17(23)14(13)20-15(21-16)11(2)3/h11-12H,4-10H2,1-3H3,(H,18,23)(H,19,20,21). The van der Waals surface area contributed by atoms with Gasteiger partial charge < -0.3 is 15.5 Å². The lowest BCUT2D eigenvalue weighted by molar-refractivity contribution is 0.0940. The Hall–Kier alpha value is -1.69. The number of aromatic nitrogens is 2. The smallest absolute Gasteiger partial charge is 0.270 e. The van der Waals surface area contributed by atoms with Gasteiger partial charge in [0.2, 0.25) is 0 Å². The summed E-state index contributed by atoms with van der Waals surface area (Å²) in [6.45, 7) is 10.3. The zero-order valence-electron chi connectivity index (χ0n) is 14.4. The Labute approximate surface area is 138 Å². The normalized spacial score (nSPS) is 21.4. The van der Waals surface area contributed by atoms with Crippen LogP contribution in [-0.4, -0.2) is 53.0 Å². The third-order valence-corrected chi connectivity index (χ3v) is 4.57. The topological polar surface area (TPSA) is 70.2 Å². The van der Waals surface area contributed by atoms with Crippen molar-refractivity contribution < 1.29 is 4.79 Å². The molecule has 126 valence electrons. The van der Waals surface area contributed by atoms with Gasteiger partial charge in [-0.3, -0.25) is 4.79 Å². The highest BCUT2D eigenvalue weighted by Crippen LogP contribution is 2.25. The summed E-state index contributed by atoms with van der Waals surface area (Å²) in [5.41, 5.74) is 1.54. The number of carbonyl (C=O) groups excluding carboxylic acids is 1. The number of nitrogens with one attached hydrogen (secondary N) is 2. The van der Waals surface area contributed by atoms with Crippen LogP contribution < -0.4 is 10.6 Å². The molecule has 1 atom stereocenters. The third kappa shape index (κ3) is 3.47. The fraction of sp³-hybridized carbons (Fsp3) is 0.706. The van der Waals surface area contributed by atoms with Crippen molar-refractivity contribution in [2.45, 2.75) is 52.0 Å². The number of likely N-dealkylation sites (tertiary alicyclic amines) is 1. The molecular weight excluding hydrogens is 290 g/mol. The second kappa shape index (κ2) is 6.83. The van der Waals surface area contributed by atoms with Gasteiger partial charge in [-0.1, -0.05) is 20.8 Å². The molecule has 1 amide bonds. The molecule has 3 rings (SSSR count). The molecule has 6 heteroatoms. The SMILES string of the molecule is CCCN1CCC(Nc2nc(C(C)C)nc3c2CCNC3=O)C1. The van der Waals surface area contributed by atoms with Gasteiger partial charge in [-0.15, -0.1) is 0 Å². The van der Waals surface area contributed by atoms with Crippen molar-refractivity contribution in [3.8, 4) is 0 Å². The zero-order chi connectivity index (χ0) is 16.4. The average Bonchev–Trinajstić information content (AvgIpc) is 2.95. The van der Waals surface area contributed by atoms with Crippen LogP contribution in [-0.2, 0) is 6.42 Å². The highest BCUT2D eigenvalue weighted by Gasteiger charge is 2.27. The minimum absolute atomic E-state index is 0.0716. The molecule has 1 fully saturated rings. The molecule has 0 aliphatic carbocycles. The highest BCUT2D eigenvalue weighted by molar-refractivity contribution is 5.96. The molecule has 0 spiro atoms. The van der Waals surface area contributed by atoms with Crippen molar-refractivity contribution in [2.75, 3.05) is 31.5 Å². The van der Waals surface area contributed by atoms with E-state index in [0.29, 0.717) is 18.3 Å². The molecule has 2 aliphatic heterocycles. The molecular formula is C17H27N5O. The lowest BCUT2D eigenvalue weighted by atomic mass is 10.0. The highest BCUT2D eigenvalue weighted by atomic mass is 16.1. The van der Waals surface area contributed by atoms with Crippen LogP contribution in [0.25, 0.3) is 0 Å². The Bertz CT molecular complexity index is 587. The lowest BCUT2D eigenvalue weighted by Crippen LogP contribution is -2.35. The molecule has 6 nitrogen and oxygen atoms in total. The number of hydrogen-bond acceptors (Lipinski definition) is 5. The van der Waals surface area contributed by atoms with Gasteiger partial charge in [0.05, 0.1) is 0 Å². The molecule has 1 aromatic heterocycles. The van der Waals surface area contributed by atoms with Crippen LogP contribution in [0.1, 0.15) is 61.4 Å². The van der Waals surface area contributed by atoms with E-state index in [4.69, 9.17) is 4.98 Å². The maximum atomic E-state index is 12.1. The number of fused-ring (bicyclic) bond motifs is 1. The third-order valence-electron chi connectivity index (χ3n) is 4.57. The van der Waals surface area contributed by atoms with Crippen molar-refractivity contribution in [2.24, 2.45) is 0 Å². The Balaban J connectivity index is 1.85. The average molecular weight is 317 g/mol. The van der Waals surface area contributed by atoms with E-state index in [1.54, 1.807) is 0 Å². The van der Waals surface area contributed by atoms with Gasteiger partial charge in [0, 0.05) is 37.2 Å². The number of nitrogens with zero attached hydrogens (tertiary/aromatic N) is 3. The minimum Gasteiger partial charge on any atom is -0.366 e. The number of carbonyl (C=O) groups is 1. The van der Waals surface area contributed by atoms with E-state index in [-0.39, 0.29) is 11.8 Å². The van der Waals surface area contributed by atoms with Gasteiger partial charge in [0.1, 0.15) is 17.3 Å². The number of hydrogen-bond donors (Lipinski definition) is 2. The summed E-state index contributed by atoms with van der Waals surface area (Å²) >= 11 is 0. The molecule has 0 saturated carbocycles. The number of anilines is 1. The minimum atomic E-state index is -0.0716. The molecule has 0 aromatic carbocycles. The second-order valence-electron chi connectivity index (χ2n) is 6.85. The van der Waals surface area contributed by atoms with Crippen molar-refractivity contribution in [1.29, 1.82) is 0 Å². The molecule has 3 heterocycles. The zero-order valence-corrected chi connectivity index (χ0v) is 14.4. The maximum absolute atomic E-state index is 12.1. The predicted molar refractivity (Wildman–Crippen MR) is 90.9 cm³/mol. The van der Waals surface area contributed by atoms with Crippen molar-refractivity contribution in [1.82, 2.24) is 20.2 Å². The van der Waals surface area contributed by atoms with Crippen molar-refractivity contribution >= 4 is 11.7 Å². The molecule has 1 saturated heterocycles. The van der Waals surface area contributed by atoms with Gasteiger partial charge in [0.25, 0.3) is 5.91 Å². The van der Waals surface area contributed by atoms with E-state index < -0.39 is 0 Å². The molecule has 2 N–H and O–H groups in total. The molecule has 2 aliphatic rings. The monoisotopic (exact) mass is 317 g/mol. The first-order valence-corrected chi connectivity index (χ1v) is 8.76. The Morgan fingerprint density at radius 2 is 2.22 bits per heavy atom. The predicted octanol–water partition coefficient (Wildman–Crippen LogP) is 1.78.